The van der Waals surface area contributed by atoms with Gasteiger partial charge in [-0.1, -0.05) is 39.7 Å². The van der Waals surface area contributed by atoms with Crippen LogP contribution in [0.2, 0.25) is 5.02 Å². The lowest BCUT2D eigenvalue weighted by Crippen LogP contribution is -1.99. The fraction of sp³-hybridized carbons (Fsp3) is 0.0769. The number of benzene rings is 2. The van der Waals surface area contributed by atoms with Crippen molar-refractivity contribution < 1.29 is 13.2 Å². The van der Waals surface area contributed by atoms with Crippen molar-refractivity contribution in [3.8, 4) is 0 Å². The van der Waals surface area contributed by atoms with Crippen LogP contribution in [-0.4, -0.2) is 0 Å². The van der Waals surface area contributed by atoms with Gasteiger partial charge >= 0.3 is 0 Å². The second kappa shape index (κ2) is 5.33. The molecule has 0 saturated heterocycles. The number of alkyl halides is 1. The third kappa shape index (κ3) is 2.70. The molecule has 5 heteroatoms. The van der Waals surface area contributed by atoms with Crippen LogP contribution in [0.1, 0.15) is 16.0 Å². The van der Waals surface area contributed by atoms with E-state index in [4.69, 9.17) is 11.6 Å². The zero-order valence-electron chi connectivity index (χ0n) is 8.93. The number of rotatable bonds is 2. The fourth-order valence-electron chi connectivity index (χ4n) is 1.58. The molecule has 2 rings (SSSR count). The molecular formula is C13H7BrClF3. The first-order valence-electron chi connectivity index (χ1n) is 5.03. The third-order valence-electron chi connectivity index (χ3n) is 2.45. The van der Waals surface area contributed by atoms with Gasteiger partial charge in [0, 0.05) is 16.7 Å². The Morgan fingerprint density at radius 1 is 0.944 bits per heavy atom. The molecule has 18 heavy (non-hydrogen) atoms. The molecule has 0 spiro atoms. The third-order valence-corrected chi connectivity index (χ3v) is 3.71. The summed E-state index contributed by atoms with van der Waals surface area (Å²) in [6.07, 6.45) is 0. The lowest BCUT2D eigenvalue weighted by molar-refractivity contribution is 0.491. The van der Waals surface area contributed by atoms with Crippen LogP contribution in [0, 0.1) is 17.5 Å². The molecule has 2 aromatic rings. The Balaban J connectivity index is 2.46. The summed E-state index contributed by atoms with van der Waals surface area (Å²) in [7, 11) is 0. The predicted molar refractivity (Wildman–Crippen MR) is 68.5 cm³/mol. The SMILES string of the molecule is Fc1cc(F)c(C(Br)c2cccc(Cl)c2)cc1F. The molecule has 0 aliphatic carbocycles. The van der Waals surface area contributed by atoms with Crippen molar-refractivity contribution in [1.29, 1.82) is 0 Å². The van der Waals surface area contributed by atoms with E-state index in [1.54, 1.807) is 24.3 Å². The highest BCUT2D eigenvalue weighted by Gasteiger charge is 2.18. The van der Waals surface area contributed by atoms with Gasteiger partial charge in [-0.3, -0.25) is 0 Å². The standard InChI is InChI=1S/C13H7BrClF3/c14-13(7-2-1-3-8(15)4-7)9-5-11(17)12(18)6-10(9)16/h1-6,13H. The monoisotopic (exact) mass is 334 g/mol. The summed E-state index contributed by atoms with van der Waals surface area (Å²) in [6.45, 7) is 0. The van der Waals surface area contributed by atoms with E-state index in [2.05, 4.69) is 15.9 Å². The van der Waals surface area contributed by atoms with E-state index in [0.717, 1.165) is 6.07 Å². The molecule has 2 aromatic carbocycles. The van der Waals surface area contributed by atoms with E-state index in [-0.39, 0.29) is 5.56 Å². The molecular weight excluding hydrogens is 328 g/mol. The van der Waals surface area contributed by atoms with Crippen LogP contribution in [0.3, 0.4) is 0 Å². The van der Waals surface area contributed by atoms with Crippen LogP contribution >= 0.6 is 27.5 Å². The van der Waals surface area contributed by atoms with E-state index in [1.807, 2.05) is 0 Å². The van der Waals surface area contributed by atoms with Crippen LogP contribution in [0.4, 0.5) is 13.2 Å². The summed E-state index contributed by atoms with van der Waals surface area (Å²) >= 11 is 9.07. The Bertz CT molecular complexity index is 586. The zero-order chi connectivity index (χ0) is 13.3. The highest BCUT2D eigenvalue weighted by Crippen LogP contribution is 2.34. The van der Waals surface area contributed by atoms with Crippen molar-refractivity contribution in [3.05, 3.63) is 70.0 Å². The van der Waals surface area contributed by atoms with Crippen molar-refractivity contribution >= 4 is 27.5 Å². The van der Waals surface area contributed by atoms with E-state index < -0.39 is 22.3 Å². The molecule has 1 atom stereocenters. The van der Waals surface area contributed by atoms with Gasteiger partial charge in [0.1, 0.15) is 5.82 Å². The molecule has 0 aliphatic heterocycles. The maximum absolute atomic E-state index is 13.6. The van der Waals surface area contributed by atoms with Gasteiger partial charge in [-0.05, 0) is 23.8 Å². The van der Waals surface area contributed by atoms with Crippen LogP contribution in [0.15, 0.2) is 36.4 Å². The number of halogens is 5. The number of hydrogen-bond acceptors (Lipinski definition) is 0. The summed E-state index contributed by atoms with van der Waals surface area (Å²) in [5.74, 6) is -3.10. The summed E-state index contributed by atoms with van der Waals surface area (Å²) in [5, 5.41) is 0.486. The zero-order valence-corrected chi connectivity index (χ0v) is 11.3. The average Bonchev–Trinajstić information content (AvgIpc) is 2.33. The first-order valence-corrected chi connectivity index (χ1v) is 6.32. The molecule has 0 aromatic heterocycles. The second-order valence-corrected chi connectivity index (χ2v) is 5.06. The molecule has 94 valence electrons. The van der Waals surface area contributed by atoms with Gasteiger partial charge in [-0.15, -0.1) is 0 Å². The Hall–Kier alpha value is -1.00. The quantitative estimate of drug-likeness (QED) is 0.520. The molecule has 0 saturated carbocycles. The molecule has 1 unspecified atom stereocenters. The van der Waals surface area contributed by atoms with Gasteiger partial charge in [0.05, 0.1) is 4.83 Å². The normalized spacial score (nSPS) is 12.5. The first-order chi connectivity index (χ1) is 8.49. The minimum atomic E-state index is -1.21. The van der Waals surface area contributed by atoms with Crippen molar-refractivity contribution in [1.82, 2.24) is 0 Å². The highest BCUT2D eigenvalue weighted by molar-refractivity contribution is 9.09. The van der Waals surface area contributed by atoms with Crippen molar-refractivity contribution in [2.75, 3.05) is 0 Å². The molecule has 0 fully saturated rings. The van der Waals surface area contributed by atoms with Gasteiger partial charge in [0.2, 0.25) is 0 Å². The van der Waals surface area contributed by atoms with Crippen LogP contribution < -0.4 is 0 Å². The molecule has 0 bridgehead atoms. The van der Waals surface area contributed by atoms with Crippen molar-refractivity contribution in [3.63, 3.8) is 0 Å². The minimum absolute atomic E-state index is 0.0242. The van der Waals surface area contributed by atoms with Crippen LogP contribution in [-0.2, 0) is 0 Å². The van der Waals surface area contributed by atoms with Gasteiger partial charge in [-0.25, -0.2) is 13.2 Å². The maximum atomic E-state index is 13.6. The van der Waals surface area contributed by atoms with E-state index in [9.17, 15) is 13.2 Å². The minimum Gasteiger partial charge on any atom is -0.207 e. The van der Waals surface area contributed by atoms with Crippen molar-refractivity contribution in [2.45, 2.75) is 4.83 Å². The Morgan fingerprint density at radius 3 is 2.28 bits per heavy atom. The molecule has 0 amide bonds. The van der Waals surface area contributed by atoms with Gasteiger partial charge < -0.3 is 0 Å². The van der Waals surface area contributed by atoms with Crippen LogP contribution in [0.5, 0.6) is 0 Å². The van der Waals surface area contributed by atoms with Gasteiger partial charge in [-0.2, -0.15) is 0 Å². The highest BCUT2D eigenvalue weighted by atomic mass is 79.9. The Morgan fingerprint density at radius 2 is 1.61 bits per heavy atom. The molecule has 0 radical (unpaired) electrons. The predicted octanol–water partition coefficient (Wildman–Crippen LogP) is 5.24. The molecule has 0 nitrogen and oxygen atoms in total. The topological polar surface area (TPSA) is 0 Å². The van der Waals surface area contributed by atoms with E-state index in [0.29, 0.717) is 16.7 Å². The van der Waals surface area contributed by atoms with Crippen LogP contribution in [0.25, 0.3) is 0 Å². The lowest BCUT2D eigenvalue weighted by Gasteiger charge is -2.12. The lowest BCUT2D eigenvalue weighted by atomic mass is 10.0. The van der Waals surface area contributed by atoms with Crippen molar-refractivity contribution in [2.24, 2.45) is 0 Å². The molecule has 0 aliphatic rings. The maximum Gasteiger partial charge on any atom is 0.161 e. The van der Waals surface area contributed by atoms with E-state index in [1.165, 1.54) is 0 Å². The molecule has 0 heterocycles. The summed E-state index contributed by atoms with van der Waals surface area (Å²) in [5.41, 5.74) is 0.684. The largest absolute Gasteiger partial charge is 0.207 e. The van der Waals surface area contributed by atoms with Gasteiger partial charge in [0.25, 0.3) is 0 Å². The molecule has 0 N–H and O–H groups in total. The smallest absolute Gasteiger partial charge is 0.161 e. The van der Waals surface area contributed by atoms with E-state index >= 15 is 0 Å². The summed E-state index contributed by atoms with van der Waals surface area (Å²) < 4.78 is 39.6. The summed E-state index contributed by atoms with van der Waals surface area (Å²) in [6, 6.07) is 8.08. The Kier molecular flexibility index (Phi) is 3.97. The second-order valence-electron chi connectivity index (χ2n) is 3.71. The summed E-state index contributed by atoms with van der Waals surface area (Å²) in [4.78, 5) is -0.591. The van der Waals surface area contributed by atoms with Gasteiger partial charge in [0.15, 0.2) is 11.6 Å². The first kappa shape index (κ1) is 13.4. The number of hydrogen-bond donors (Lipinski definition) is 0. The Labute approximate surface area is 116 Å². The average molecular weight is 336 g/mol. The fourth-order valence-corrected chi connectivity index (χ4v) is 2.41.